The topological polar surface area (TPSA) is 3.24 Å². The van der Waals surface area contributed by atoms with E-state index in [-0.39, 0.29) is 5.41 Å². The standard InChI is InChI=1S/C51H37N/c1-51(2)46-23-11-10-22-44(46)50-47(51)24-13-25-48(50)52(40-19-12-18-37(32-40)34-14-4-3-5-15-34)39-29-26-36(27-30-39)45-33-38-17-7-8-20-41(38)43-31-28-35-16-6-9-21-42(35)49(43)45/h3-33H,1-2H3. The molecule has 1 aliphatic rings. The van der Waals surface area contributed by atoms with Crippen molar-refractivity contribution < 1.29 is 0 Å². The Morgan fingerprint density at radius 1 is 0.385 bits per heavy atom. The summed E-state index contributed by atoms with van der Waals surface area (Å²) in [4.78, 5) is 2.46. The molecule has 9 aromatic carbocycles. The maximum atomic E-state index is 2.46. The molecule has 246 valence electrons. The summed E-state index contributed by atoms with van der Waals surface area (Å²) in [6, 6.07) is 69.2. The van der Waals surface area contributed by atoms with Gasteiger partial charge in [0.1, 0.15) is 0 Å². The monoisotopic (exact) mass is 663 g/mol. The van der Waals surface area contributed by atoms with Crippen LogP contribution in [0, 0.1) is 0 Å². The van der Waals surface area contributed by atoms with Crippen LogP contribution in [0.2, 0.25) is 0 Å². The van der Waals surface area contributed by atoms with E-state index in [9.17, 15) is 0 Å². The zero-order valence-corrected chi connectivity index (χ0v) is 29.3. The molecule has 52 heavy (non-hydrogen) atoms. The Morgan fingerprint density at radius 2 is 1.06 bits per heavy atom. The van der Waals surface area contributed by atoms with E-state index in [0.29, 0.717) is 0 Å². The normalized spacial score (nSPS) is 13.0. The van der Waals surface area contributed by atoms with Gasteiger partial charge in [-0.1, -0.05) is 166 Å². The molecule has 10 rings (SSSR count). The predicted molar refractivity (Wildman–Crippen MR) is 222 cm³/mol. The van der Waals surface area contributed by atoms with Crippen LogP contribution in [-0.4, -0.2) is 0 Å². The van der Waals surface area contributed by atoms with Crippen LogP contribution in [0.5, 0.6) is 0 Å². The second-order valence-electron chi connectivity index (χ2n) is 14.5. The van der Waals surface area contributed by atoms with Crippen molar-refractivity contribution in [2.45, 2.75) is 19.3 Å². The van der Waals surface area contributed by atoms with Gasteiger partial charge < -0.3 is 4.90 Å². The van der Waals surface area contributed by atoms with Crippen molar-refractivity contribution in [1.29, 1.82) is 0 Å². The van der Waals surface area contributed by atoms with E-state index in [4.69, 9.17) is 0 Å². The van der Waals surface area contributed by atoms with E-state index in [1.54, 1.807) is 0 Å². The quantitative estimate of drug-likeness (QED) is 0.166. The van der Waals surface area contributed by atoms with Gasteiger partial charge in [0.15, 0.2) is 0 Å². The van der Waals surface area contributed by atoms with Gasteiger partial charge in [-0.15, -0.1) is 0 Å². The molecule has 1 aliphatic carbocycles. The van der Waals surface area contributed by atoms with Gasteiger partial charge in [0.05, 0.1) is 5.69 Å². The van der Waals surface area contributed by atoms with Gasteiger partial charge in [-0.2, -0.15) is 0 Å². The molecule has 0 aliphatic heterocycles. The molecular weight excluding hydrogens is 627 g/mol. The third-order valence-corrected chi connectivity index (χ3v) is 11.2. The molecule has 0 bridgehead atoms. The maximum absolute atomic E-state index is 2.46. The van der Waals surface area contributed by atoms with Gasteiger partial charge in [-0.25, -0.2) is 0 Å². The molecule has 0 spiro atoms. The molecular formula is C51H37N. The maximum Gasteiger partial charge on any atom is 0.0543 e. The fourth-order valence-electron chi connectivity index (χ4n) is 8.70. The molecule has 0 N–H and O–H groups in total. The first-order chi connectivity index (χ1) is 25.6. The average molecular weight is 664 g/mol. The molecule has 0 unspecified atom stereocenters. The zero-order valence-electron chi connectivity index (χ0n) is 29.3. The summed E-state index contributed by atoms with van der Waals surface area (Å²) in [7, 11) is 0. The van der Waals surface area contributed by atoms with Crippen LogP contribution in [0.25, 0.3) is 65.7 Å². The third-order valence-electron chi connectivity index (χ3n) is 11.2. The minimum absolute atomic E-state index is 0.0940. The molecule has 0 aromatic heterocycles. The number of benzene rings is 9. The van der Waals surface area contributed by atoms with E-state index in [1.165, 1.54) is 82.5 Å². The van der Waals surface area contributed by atoms with Crippen LogP contribution in [0.4, 0.5) is 17.1 Å². The van der Waals surface area contributed by atoms with E-state index in [1.807, 2.05) is 0 Å². The van der Waals surface area contributed by atoms with Crippen molar-refractivity contribution in [3.05, 3.63) is 199 Å². The second-order valence-corrected chi connectivity index (χ2v) is 14.5. The van der Waals surface area contributed by atoms with Crippen LogP contribution < -0.4 is 4.90 Å². The third kappa shape index (κ3) is 4.70. The highest BCUT2D eigenvalue weighted by Crippen LogP contribution is 2.54. The van der Waals surface area contributed by atoms with Crippen LogP contribution in [0.1, 0.15) is 25.0 Å². The highest BCUT2D eigenvalue weighted by Gasteiger charge is 2.37. The first-order valence-corrected chi connectivity index (χ1v) is 18.2. The van der Waals surface area contributed by atoms with Gasteiger partial charge in [0, 0.05) is 22.4 Å². The number of fused-ring (bicyclic) bond motifs is 8. The Hall–Kier alpha value is -6.44. The molecule has 0 atom stereocenters. The van der Waals surface area contributed by atoms with E-state index in [2.05, 4.69) is 207 Å². The lowest BCUT2D eigenvalue weighted by molar-refractivity contribution is 0.660. The minimum Gasteiger partial charge on any atom is -0.310 e. The summed E-state index contributed by atoms with van der Waals surface area (Å²) in [6.45, 7) is 4.71. The first-order valence-electron chi connectivity index (χ1n) is 18.2. The highest BCUT2D eigenvalue weighted by molar-refractivity contribution is 6.23. The number of nitrogens with zero attached hydrogens (tertiary/aromatic N) is 1. The average Bonchev–Trinajstić information content (AvgIpc) is 3.44. The summed E-state index contributed by atoms with van der Waals surface area (Å²) in [6.07, 6.45) is 0. The van der Waals surface area contributed by atoms with Crippen LogP contribution in [-0.2, 0) is 5.41 Å². The van der Waals surface area contributed by atoms with Crippen LogP contribution in [0.3, 0.4) is 0 Å². The lowest BCUT2D eigenvalue weighted by Crippen LogP contribution is -2.16. The predicted octanol–water partition coefficient (Wildman–Crippen LogP) is 14.3. The Kier molecular flexibility index (Phi) is 6.91. The molecule has 0 saturated heterocycles. The van der Waals surface area contributed by atoms with Gasteiger partial charge in [-0.05, 0) is 108 Å². The fraction of sp³-hybridized carbons (Fsp3) is 0.0588. The summed E-state index contributed by atoms with van der Waals surface area (Å²) in [5.41, 5.74) is 13.6. The minimum atomic E-state index is -0.0940. The van der Waals surface area contributed by atoms with Crippen LogP contribution in [0.15, 0.2) is 188 Å². The smallest absolute Gasteiger partial charge is 0.0543 e. The van der Waals surface area contributed by atoms with Crippen molar-refractivity contribution in [3.8, 4) is 33.4 Å². The van der Waals surface area contributed by atoms with E-state index >= 15 is 0 Å². The number of hydrogen-bond acceptors (Lipinski definition) is 1. The molecule has 1 nitrogen and oxygen atoms in total. The number of anilines is 3. The highest BCUT2D eigenvalue weighted by atomic mass is 15.1. The van der Waals surface area contributed by atoms with Gasteiger partial charge in [0.25, 0.3) is 0 Å². The van der Waals surface area contributed by atoms with Crippen molar-refractivity contribution in [2.24, 2.45) is 0 Å². The second kappa shape index (κ2) is 11.8. The lowest BCUT2D eigenvalue weighted by Gasteiger charge is -2.29. The van der Waals surface area contributed by atoms with Crippen LogP contribution >= 0.6 is 0 Å². The van der Waals surface area contributed by atoms with Gasteiger partial charge >= 0.3 is 0 Å². The van der Waals surface area contributed by atoms with Crippen molar-refractivity contribution >= 4 is 49.4 Å². The Bertz CT molecular complexity index is 2810. The summed E-state index contributed by atoms with van der Waals surface area (Å²) in [5.74, 6) is 0. The largest absolute Gasteiger partial charge is 0.310 e. The number of rotatable bonds is 5. The van der Waals surface area contributed by atoms with E-state index in [0.717, 1.165) is 11.4 Å². The van der Waals surface area contributed by atoms with Gasteiger partial charge in [-0.3, -0.25) is 0 Å². The molecule has 0 amide bonds. The van der Waals surface area contributed by atoms with Crippen molar-refractivity contribution in [3.63, 3.8) is 0 Å². The molecule has 0 fully saturated rings. The summed E-state index contributed by atoms with van der Waals surface area (Å²) in [5, 5.41) is 7.67. The van der Waals surface area contributed by atoms with E-state index < -0.39 is 0 Å². The molecule has 0 saturated carbocycles. The van der Waals surface area contributed by atoms with Gasteiger partial charge in [0.2, 0.25) is 0 Å². The Balaban J connectivity index is 1.19. The van der Waals surface area contributed by atoms with Crippen molar-refractivity contribution in [2.75, 3.05) is 4.90 Å². The van der Waals surface area contributed by atoms with Crippen molar-refractivity contribution in [1.82, 2.24) is 0 Å². The zero-order chi connectivity index (χ0) is 34.8. The molecule has 0 heterocycles. The Labute approximate surface area is 305 Å². The Morgan fingerprint density at radius 3 is 1.90 bits per heavy atom. The first kappa shape index (κ1) is 30.4. The lowest BCUT2D eigenvalue weighted by atomic mass is 9.82. The summed E-state index contributed by atoms with van der Waals surface area (Å²) >= 11 is 0. The fourth-order valence-corrected chi connectivity index (χ4v) is 8.70. The summed E-state index contributed by atoms with van der Waals surface area (Å²) < 4.78 is 0. The molecule has 9 aromatic rings. The molecule has 0 radical (unpaired) electrons. The molecule has 1 heteroatoms. The SMILES string of the molecule is CC1(C)c2ccccc2-c2c(N(c3ccc(-c4cc5ccccc5c5ccc6ccccc6c45)cc3)c3cccc(-c4ccccc4)c3)cccc21. The number of hydrogen-bond donors (Lipinski definition) is 0.